The van der Waals surface area contributed by atoms with Crippen molar-refractivity contribution in [1.82, 2.24) is 20.6 Å². The molecule has 0 bridgehead atoms. The highest BCUT2D eigenvalue weighted by Gasteiger charge is 2.13. The third-order valence-corrected chi connectivity index (χ3v) is 8.61. The third kappa shape index (κ3) is 10.2. The van der Waals surface area contributed by atoms with E-state index in [1.54, 1.807) is 25.3 Å². The SMILES string of the molecule is CCC(=C(c1ccc(O)cc1)c1ccc(/C=C/C(=O)NCCCCCCNC(=O)CCc2nc3ccc(OC)cc3[nH]2)cc1)c1ccccc1. The largest absolute Gasteiger partial charge is 0.508 e. The lowest BCUT2D eigenvalue weighted by molar-refractivity contribution is -0.121. The fourth-order valence-electron chi connectivity index (χ4n) is 5.95. The van der Waals surface area contributed by atoms with E-state index in [0.29, 0.717) is 25.9 Å². The summed E-state index contributed by atoms with van der Waals surface area (Å²) in [5.41, 5.74) is 8.31. The highest BCUT2D eigenvalue weighted by molar-refractivity contribution is 5.99. The molecule has 0 fully saturated rings. The number of hydrogen-bond donors (Lipinski definition) is 4. The molecule has 0 saturated heterocycles. The number of aromatic amines is 1. The van der Waals surface area contributed by atoms with E-state index in [1.807, 2.05) is 66.7 Å². The number of allylic oxidation sites excluding steroid dienone is 1. The van der Waals surface area contributed by atoms with Gasteiger partial charge in [0.2, 0.25) is 11.8 Å². The standard InChI is InChI=1S/C42H46N4O4/c1-3-36(31-11-7-6-8-12-31)42(33-18-20-34(47)21-19-33)32-16-13-30(14-17-32)15-25-40(48)43-27-9-4-5-10-28-44-41(49)26-24-39-45-37-23-22-35(50-2)29-38(37)46-39/h6-8,11-23,25,29,47H,3-5,9-10,24,26-28H2,1-2H3,(H,43,48)(H,44,49)(H,45,46)/b25-15+,42-36?. The van der Waals surface area contributed by atoms with Gasteiger partial charge in [-0.25, -0.2) is 4.98 Å². The van der Waals surface area contributed by atoms with Crippen LogP contribution in [-0.4, -0.2) is 47.1 Å². The van der Waals surface area contributed by atoms with E-state index in [4.69, 9.17) is 4.74 Å². The fraction of sp³-hybridized carbons (Fsp3) is 0.262. The molecule has 50 heavy (non-hydrogen) atoms. The van der Waals surface area contributed by atoms with E-state index in [-0.39, 0.29) is 17.6 Å². The number of aromatic nitrogens is 2. The van der Waals surface area contributed by atoms with Crippen LogP contribution in [0.2, 0.25) is 0 Å². The van der Waals surface area contributed by atoms with Crippen LogP contribution in [0.25, 0.3) is 28.3 Å². The zero-order valence-corrected chi connectivity index (χ0v) is 28.9. The molecular weight excluding hydrogens is 624 g/mol. The predicted molar refractivity (Wildman–Crippen MR) is 202 cm³/mol. The summed E-state index contributed by atoms with van der Waals surface area (Å²) in [6.07, 6.45) is 8.92. The first-order chi connectivity index (χ1) is 24.4. The molecule has 2 amide bonds. The van der Waals surface area contributed by atoms with Crippen molar-refractivity contribution >= 4 is 40.1 Å². The molecule has 1 aromatic heterocycles. The monoisotopic (exact) mass is 670 g/mol. The average Bonchev–Trinajstić information content (AvgIpc) is 3.56. The summed E-state index contributed by atoms with van der Waals surface area (Å²) in [5, 5.41) is 15.8. The van der Waals surface area contributed by atoms with Gasteiger partial charge in [0.25, 0.3) is 0 Å². The molecule has 0 saturated carbocycles. The van der Waals surface area contributed by atoms with Gasteiger partial charge in [-0.3, -0.25) is 9.59 Å². The number of amides is 2. The third-order valence-electron chi connectivity index (χ3n) is 8.61. The maximum absolute atomic E-state index is 12.5. The summed E-state index contributed by atoms with van der Waals surface area (Å²) in [7, 11) is 1.63. The first-order valence-electron chi connectivity index (χ1n) is 17.4. The van der Waals surface area contributed by atoms with Crippen molar-refractivity contribution in [3.63, 3.8) is 0 Å². The van der Waals surface area contributed by atoms with Crippen molar-refractivity contribution < 1.29 is 19.4 Å². The smallest absolute Gasteiger partial charge is 0.243 e. The Bertz CT molecular complexity index is 1910. The Balaban J connectivity index is 1.01. The minimum Gasteiger partial charge on any atom is -0.508 e. The summed E-state index contributed by atoms with van der Waals surface area (Å²) in [4.78, 5) is 32.5. The number of aryl methyl sites for hydroxylation is 1. The second-order valence-electron chi connectivity index (χ2n) is 12.2. The van der Waals surface area contributed by atoms with Crippen LogP contribution in [0.1, 0.15) is 73.5 Å². The predicted octanol–water partition coefficient (Wildman–Crippen LogP) is 8.09. The molecule has 0 atom stereocenters. The summed E-state index contributed by atoms with van der Waals surface area (Å²) >= 11 is 0. The van der Waals surface area contributed by atoms with Crippen LogP contribution in [0.5, 0.6) is 11.5 Å². The van der Waals surface area contributed by atoms with Crippen molar-refractivity contribution in [3.8, 4) is 11.5 Å². The normalized spacial score (nSPS) is 11.8. The van der Waals surface area contributed by atoms with Crippen molar-refractivity contribution in [2.24, 2.45) is 0 Å². The summed E-state index contributed by atoms with van der Waals surface area (Å²) < 4.78 is 5.25. The number of phenols is 1. The number of H-pyrrole nitrogens is 1. The molecule has 4 aromatic carbocycles. The average molecular weight is 671 g/mol. The van der Waals surface area contributed by atoms with E-state index in [1.165, 1.54) is 11.1 Å². The highest BCUT2D eigenvalue weighted by atomic mass is 16.5. The Morgan fingerprint density at radius 2 is 1.50 bits per heavy atom. The molecule has 4 N–H and O–H groups in total. The van der Waals surface area contributed by atoms with Gasteiger partial charge in [0.1, 0.15) is 17.3 Å². The molecule has 1 heterocycles. The van der Waals surface area contributed by atoms with Crippen LogP contribution in [0.4, 0.5) is 0 Å². The number of fused-ring (bicyclic) bond motifs is 1. The van der Waals surface area contributed by atoms with Gasteiger partial charge in [0, 0.05) is 38.1 Å². The van der Waals surface area contributed by atoms with Crippen LogP contribution in [0, 0.1) is 0 Å². The molecule has 0 aliphatic carbocycles. The maximum atomic E-state index is 12.5. The van der Waals surface area contributed by atoms with Gasteiger partial charge in [0.05, 0.1) is 18.1 Å². The summed E-state index contributed by atoms with van der Waals surface area (Å²) in [6.45, 7) is 3.41. The van der Waals surface area contributed by atoms with Crippen molar-refractivity contribution in [2.75, 3.05) is 20.2 Å². The van der Waals surface area contributed by atoms with Gasteiger partial charge in [0.15, 0.2) is 0 Å². The topological polar surface area (TPSA) is 116 Å². The highest BCUT2D eigenvalue weighted by Crippen LogP contribution is 2.35. The Kier molecular flexibility index (Phi) is 13.0. The van der Waals surface area contributed by atoms with Crippen LogP contribution in [0.3, 0.4) is 0 Å². The number of unbranched alkanes of at least 4 members (excludes halogenated alkanes) is 3. The van der Waals surface area contributed by atoms with Crippen LogP contribution in [0.15, 0.2) is 103 Å². The number of nitrogens with one attached hydrogen (secondary N) is 3. The minimum atomic E-state index is -0.119. The molecule has 0 spiro atoms. The number of hydrogen-bond acceptors (Lipinski definition) is 5. The number of methoxy groups -OCH3 is 1. The Labute approximate surface area is 294 Å². The van der Waals surface area contributed by atoms with Gasteiger partial charge in [-0.2, -0.15) is 0 Å². The van der Waals surface area contributed by atoms with Crippen molar-refractivity contribution in [1.29, 1.82) is 0 Å². The zero-order chi connectivity index (χ0) is 35.1. The van der Waals surface area contributed by atoms with Crippen LogP contribution in [-0.2, 0) is 16.0 Å². The van der Waals surface area contributed by atoms with Gasteiger partial charge in [-0.15, -0.1) is 0 Å². The molecular formula is C42H46N4O4. The first kappa shape index (κ1) is 35.7. The number of carbonyl (C=O) groups excluding carboxylic acids is 2. The van der Waals surface area contributed by atoms with Crippen LogP contribution < -0.4 is 15.4 Å². The minimum absolute atomic E-state index is 0.0175. The van der Waals surface area contributed by atoms with Gasteiger partial charge in [-0.1, -0.05) is 86.5 Å². The Morgan fingerprint density at radius 3 is 2.18 bits per heavy atom. The molecule has 8 heteroatoms. The van der Waals surface area contributed by atoms with E-state index < -0.39 is 0 Å². The quantitative estimate of drug-likeness (QED) is 0.0454. The Hall–Kier alpha value is -5.63. The van der Waals surface area contributed by atoms with Crippen molar-refractivity contribution in [3.05, 3.63) is 131 Å². The van der Waals surface area contributed by atoms with E-state index in [2.05, 4.69) is 51.8 Å². The Morgan fingerprint density at radius 1 is 0.820 bits per heavy atom. The molecule has 0 aliphatic rings. The molecule has 5 rings (SSSR count). The van der Waals surface area contributed by atoms with Crippen LogP contribution >= 0.6 is 0 Å². The molecule has 5 aromatic rings. The maximum Gasteiger partial charge on any atom is 0.243 e. The second-order valence-corrected chi connectivity index (χ2v) is 12.2. The second kappa shape index (κ2) is 18.2. The lowest BCUT2D eigenvalue weighted by atomic mass is 9.88. The number of rotatable bonds is 17. The van der Waals surface area contributed by atoms with Crippen molar-refractivity contribution in [2.45, 2.75) is 51.9 Å². The molecule has 0 radical (unpaired) electrons. The number of benzene rings is 4. The van der Waals surface area contributed by atoms with E-state index in [9.17, 15) is 14.7 Å². The summed E-state index contributed by atoms with van der Waals surface area (Å²) in [5.74, 6) is 1.69. The van der Waals surface area contributed by atoms with Gasteiger partial charge >= 0.3 is 0 Å². The lowest BCUT2D eigenvalue weighted by Gasteiger charge is -2.16. The number of ether oxygens (including phenoxy) is 1. The number of imidazole rings is 1. The summed E-state index contributed by atoms with van der Waals surface area (Å²) in [6, 6.07) is 31.6. The van der Waals surface area contributed by atoms with E-state index in [0.717, 1.165) is 77.0 Å². The number of carbonyl (C=O) groups is 2. The molecule has 8 nitrogen and oxygen atoms in total. The molecule has 258 valence electrons. The number of phenolic OH excluding ortho intramolecular Hbond substituents is 1. The fourth-order valence-corrected chi connectivity index (χ4v) is 5.95. The number of nitrogens with zero attached hydrogens (tertiary/aromatic N) is 1. The molecule has 0 aliphatic heterocycles. The number of aromatic hydroxyl groups is 1. The van der Waals surface area contributed by atoms with Gasteiger partial charge in [-0.05, 0) is 83.0 Å². The lowest BCUT2D eigenvalue weighted by Crippen LogP contribution is -2.25. The van der Waals surface area contributed by atoms with Gasteiger partial charge < -0.3 is 25.5 Å². The van der Waals surface area contributed by atoms with E-state index >= 15 is 0 Å². The molecule has 0 unspecified atom stereocenters. The zero-order valence-electron chi connectivity index (χ0n) is 28.9. The first-order valence-corrected chi connectivity index (χ1v) is 17.4.